The van der Waals surface area contributed by atoms with Gasteiger partial charge in [-0.05, 0) is 38.8 Å². The number of rotatable bonds is 3. The highest BCUT2D eigenvalue weighted by atomic mass is 16.5. The van der Waals surface area contributed by atoms with E-state index >= 15 is 0 Å². The van der Waals surface area contributed by atoms with E-state index in [1.165, 1.54) is 0 Å². The molecule has 0 spiro atoms. The molecule has 0 saturated carbocycles. The lowest BCUT2D eigenvalue weighted by Gasteiger charge is -2.35. The van der Waals surface area contributed by atoms with Crippen LogP contribution in [0.3, 0.4) is 0 Å². The highest BCUT2D eigenvalue weighted by Gasteiger charge is 2.30. The molecule has 15 heavy (non-hydrogen) atoms. The summed E-state index contributed by atoms with van der Waals surface area (Å²) in [7, 11) is 0. The summed E-state index contributed by atoms with van der Waals surface area (Å²) < 4.78 is 5.30. The quantitative estimate of drug-likeness (QED) is 0.706. The fourth-order valence-corrected chi connectivity index (χ4v) is 2.09. The standard InChI is InChI=1S/C11H20N2O2/c1-11(2-4-15-5-3-11)13-10(14)6-9-7-12-8-9/h9,12H,2-8H2,1H3,(H,13,14). The van der Waals surface area contributed by atoms with Gasteiger partial charge in [0, 0.05) is 25.2 Å². The third-order valence-corrected chi connectivity index (χ3v) is 3.38. The number of nitrogens with one attached hydrogen (secondary N) is 2. The maximum absolute atomic E-state index is 11.7. The first-order valence-electron chi connectivity index (χ1n) is 5.77. The van der Waals surface area contributed by atoms with Gasteiger partial charge in [-0.3, -0.25) is 4.79 Å². The molecule has 1 amide bonds. The van der Waals surface area contributed by atoms with E-state index in [1.54, 1.807) is 0 Å². The number of hydrogen-bond donors (Lipinski definition) is 2. The van der Waals surface area contributed by atoms with Crippen LogP contribution in [0.1, 0.15) is 26.2 Å². The van der Waals surface area contributed by atoms with Gasteiger partial charge in [0.15, 0.2) is 0 Å². The Morgan fingerprint density at radius 3 is 2.67 bits per heavy atom. The van der Waals surface area contributed by atoms with Gasteiger partial charge in [0.25, 0.3) is 0 Å². The van der Waals surface area contributed by atoms with Gasteiger partial charge in [-0.15, -0.1) is 0 Å². The predicted octanol–water partition coefficient (Wildman–Crippen LogP) is 0.281. The molecule has 2 aliphatic heterocycles. The van der Waals surface area contributed by atoms with Gasteiger partial charge in [-0.25, -0.2) is 0 Å². The molecule has 2 heterocycles. The topological polar surface area (TPSA) is 50.4 Å². The second-order valence-corrected chi connectivity index (χ2v) is 4.95. The third-order valence-electron chi connectivity index (χ3n) is 3.38. The Hall–Kier alpha value is -0.610. The van der Waals surface area contributed by atoms with E-state index < -0.39 is 0 Å². The molecule has 2 rings (SSSR count). The molecule has 4 nitrogen and oxygen atoms in total. The zero-order valence-electron chi connectivity index (χ0n) is 9.34. The van der Waals surface area contributed by atoms with Gasteiger partial charge in [0.05, 0.1) is 0 Å². The lowest BCUT2D eigenvalue weighted by Crippen LogP contribution is -2.52. The van der Waals surface area contributed by atoms with Gasteiger partial charge in [0.1, 0.15) is 0 Å². The van der Waals surface area contributed by atoms with Crippen molar-refractivity contribution in [3.05, 3.63) is 0 Å². The molecule has 0 aromatic carbocycles. The third kappa shape index (κ3) is 2.92. The minimum absolute atomic E-state index is 0.0352. The first-order chi connectivity index (χ1) is 7.18. The van der Waals surface area contributed by atoms with E-state index in [0.717, 1.165) is 39.1 Å². The summed E-state index contributed by atoms with van der Waals surface area (Å²) in [4.78, 5) is 11.7. The van der Waals surface area contributed by atoms with Crippen LogP contribution in [-0.4, -0.2) is 37.7 Å². The first-order valence-corrected chi connectivity index (χ1v) is 5.77. The monoisotopic (exact) mass is 212 g/mol. The summed E-state index contributed by atoms with van der Waals surface area (Å²) in [6.45, 7) is 5.64. The van der Waals surface area contributed by atoms with Crippen LogP contribution in [0.25, 0.3) is 0 Å². The van der Waals surface area contributed by atoms with Gasteiger partial charge in [0.2, 0.25) is 5.91 Å². The summed E-state index contributed by atoms with van der Waals surface area (Å²) in [5.74, 6) is 0.749. The fourth-order valence-electron chi connectivity index (χ4n) is 2.09. The Labute approximate surface area is 90.8 Å². The van der Waals surface area contributed by atoms with Crippen molar-refractivity contribution in [2.45, 2.75) is 31.7 Å². The fraction of sp³-hybridized carbons (Fsp3) is 0.909. The van der Waals surface area contributed by atoms with Crippen molar-refractivity contribution in [3.8, 4) is 0 Å². The SMILES string of the molecule is CC1(NC(=O)CC2CNC2)CCOCC1. The van der Waals surface area contributed by atoms with Crippen molar-refractivity contribution in [2.75, 3.05) is 26.3 Å². The van der Waals surface area contributed by atoms with E-state index in [4.69, 9.17) is 4.74 Å². The Morgan fingerprint density at radius 1 is 1.47 bits per heavy atom. The molecule has 0 aliphatic carbocycles. The lowest BCUT2D eigenvalue weighted by atomic mass is 9.91. The number of amides is 1. The smallest absolute Gasteiger partial charge is 0.220 e. The van der Waals surface area contributed by atoms with Crippen molar-refractivity contribution < 1.29 is 9.53 Å². The summed E-state index contributed by atoms with van der Waals surface area (Å²) in [5.41, 5.74) is -0.0352. The molecule has 86 valence electrons. The van der Waals surface area contributed by atoms with E-state index in [1.807, 2.05) is 0 Å². The molecule has 2 fully saturated rings. The maximum atomic E-state index is 11.7. The minimum atomic E-state index is -0.0352. The number of carbonyl (C=O) groups is 1. The zero-order valence-corrected chi connectivity index (χ0v) is 9.34. The maximum Gasteiger partial charge on any atom is 0.220 e. The van der Waals surface area contributed by atoms with Crippen LogP contribution in [0.4, 0.5) is 0 Å². The van der Waals surface area contributed by atoms with Crippen LogP contribution >= 0.6 is 0 Å². The molecular weight excluding hydrogens is 192 g/mol. The van der Waals surface area contributed by atoms with E-state index in [9.17, 15) is 4.79 Å². The summed E-state index contributed by atoms with van der Waals surface area (Å²) >= 11 is 0. The van der Waals surface area contributed by atoms with Crippen molar-refractivity contribution in [1.29, 1.82) is 0 Å². The Morgan fingerprint density at radius 2 is 2.13 bits per heavy atom. The minimum Gasteiger partial charge on any atom is -0.381 e. The number of hydrogen-bond acceptors (Lipinski definition) is 3. The van der Waals surface area contributed by atoms with Crippen molar-refractivity contribution in [2.24, 2.45) is 5.92 Å². The zero-order chi connectivity index (χ0) is 10.7. The summed E-state index contributed by atoms with van der Waals surface area (Å²) in [6.07, 6.45) is 2.53. The normalized spacial score (nSPS) is 25.7. The number of ether oxygens (including phenoxy) is 1. The second kappa shape index (κ2) is 4.49. The van der Waals surface area contributed by atoms with Crippen LogP contribution in [0.5, 0.6) is 0 Å². The second-order valence-electron chi connectivity index (χ2n) is 4.95. The van der Waals surface area contributed by atoms with Gasteiger partial charge in [-0.1, -0.05) is 0 Å². The predicted molar refractivity (Wildman–Crippen MR) is 57.6 cm³/mol. The van der Waals surface area contributed by atoms with Crippen molar-refractivity contribution in [1.82, 2.24) is 10.6 Å². The molecule has 0 bridgehead atoms. The Bertz CT molecular complexity index is 233. The summed E-state index contributed by atoms with van der Waals surface area (Å²) in [5, 5.41) is 6.33. The highest BCUT2D eigenvalue weighted by molar-refractivity contribution is 5.77. The largest absolute Gasteiger partial charge is 0.381 e. The first kappa shape index (κ1) is 10.9. The van der Waals surface area contributed by atoms with E-state index in [0.29, 0.717) is 12.3 Å². The lowest BCUT2D eigenvalue weighted by molar-refractivity contribution is -0.125. The van der Waals surface area contributed by atoms with Crippen molar-refractivity contribution >= 4 is 5.91 Å². The van der Waals surface area contributed by atoms with E-state index in [2.05, 4.69) is 17.6 Å². The van der Waals surface area contributed by atoms with Crippen molar-refractivity contribution in [3.63, 3.8) is 0 Å². The molecule has 2 saturated heterocycles. The number of carbonyl (C=O) groups excluding carboxylic acids is 1. The van der Waals surface area contributed by atoms with Crippen LogP contribution in [0, 0.1) is 5.92 Å². The van der Waals surface area contributed by atoms with Crippen LogP contribution in [-0.2, 0) is 9.53 Å². The Balaban J connectivity index is 1.75. The van der Waals surface area contributed by atoms with Crippen LogP contribution in [0.2, 0.25) is 0 Å². The van der Waals surface area contributed by atoms with Gasteiger partial charge in [-0.2, -0.15) is 0 Å². The van der Waals surface area contributed by atoms with Gasteiger partial charge >= 0.3 is 0 Å². The summed E-state index contributed by atoms with van der Waals surface area (Å²) in [6, 6.07) is 0. The van der Waals surface area contributed by atoms with Crippen LogP contribution < -0.4 is 10.6 Å². The molecule has 4 heteroatoms. The molecule has 0 aromatic heterocycles. The molecule has 2 N–H and O–H groups in total. The molecule has 2 aliphatic rings. The van der Waals surface area contributed by atoms with Crippen LogP contribution in [0.15, 0.2) is 0 Å². The average Bonchev–Trinajstić information content (AvgIpc) is 2.12. The highest BCUT2D eigenvalue weighted by Crippen LogP contribution is 2.20. The molecule has 0 unspecified atom stereocenters. The molecule has 0 aromatic rings. The Kier molecular flexibility index (Phi) is 3.26. The van der Waals surface area contributed by atoms with E-state index in [-0.39, 0.29) is 11.4 Å². The molecule has 0 radical (unpaired) electrons. The molecule has 0 atom stereocenters. The van der Waals surface area contributed by atoms with Gasteiger partial charge < -0.3 is 15.4 Å². The molecular formula is C11H20N2O2. The average molecular weight is 212 g/mol.